The average molecular weight is 228 g/mol. The van der Waals surface area contributed by atoms with Crippen LogP contribution >= 0.6 is 11.6 Å². The van der Waals surface area contributed by atoms with E-state index in [-0.39, 0.29) is 5.82 Å². The van der Waals surface area contributed by atoms with Gasteiger partial charge in [0.05, 0.1) is 11.9 Å². The zero-order valence-corrected chi connectivity index (χ0v) is 8.77. The van der Waals surface area contributed by atoms with Crippen LogP contribution in [0, 0.1) is 6.92 Å². The van der Waals surface area contributed by atoms with Gasteiger partial charge in [0.2, 0.25) is 0 Å². The topological polar surface area (TPSA) is 62.0 Å². The van der Waals surface area contributed by atoms with Crippen LogP contribution in [0.15, 0.2) is 30.2 Å². The molecule has 15 heavy (non-hydrogen) atoms. The van der Waals surface area contributed by atoms with E-state index in [9.17, 15) is 0 Å². The molecule has 0 aromatic heterocycles. The summed E-state index contributed by atoms with van der Waals surface area (Å²) in [5, 5.41) is 11.6. The molecule has 0 amide bonds. The highest BCUT2D eigenvalue weighted by Crippen LogP contribution is 2.29. The molecule has 0 spiro atoms. The number of halogens is 1. The zero-order valence-electron chi connectivity index (χ0n) is 8.01. The number of hydrogen-bond acceptors (Lipinski definition) is 5. The highest BCUT2D eigenvalue weighted by molar-refractivity contribution is 6.31. The van der Waals surface area contributed by atoms with Gasteiger partial charge in [0.15, 0.2) is 5.82 Å². The molecular weight excluding hydrogens is 218 g/mol. The Kier molecular flexibility index (Phi) is 2.44. The van der Waals surface area contributed by atoms with Crippen LogP contribution in [0.2, 0.25) is 5.02 Å². The molecule has 1 heterocycles. The van der Waals surface area contributed by atoms with Crippen LogP contribution in [0.1, 0.15) is 5.56 Å². The van der Waals surface area contributed by atoms with Gasteiger partial charge < -0.3 is 5.73 Å². The molecule has 0 aliphatic carbocycles. The monoisotopic (exact) mass is 227 g/mol. The Bertz CT molecular complexity index is 422. The van der Waals surface area contributed by atoms with E-state index in [1.54, 1.807) is 12.1 Å². The summed E-state index contributed by atoms with van der Waals surface area (Å²) < 4.78 is 0. The first-order valence-corrected chi connectivity index (χ1v) is 4.66. The third kappa shape index (κ3) is 1.72. The zero-order chi connectivity index (χ0) is 11.0. The van der Waals surface area contributed by atoms with Crippen LogP contribution in [0.3, 0.4) is 0 Å². The standard InChI is InChI=1S/C9H10ClN3O2/c1-6-7(10)3-2-4-8(6)12-5-9(11)13(14)15-12/h2-5,14H,11H2,1H3. The lowest BCUT2D eigenvalue weighted by Crippen LogP contribution is -2.23. The molecule has 1 aliphatic heterocycles. The molecule has 1 aromatic carbocycles. The summed E-state index contributed by atoms with van der Waals surface area (Å²) in [5.74, 6) is 0.106. The molecule has 80 valence electrons. The lowest BCUT2D eigenvalue weighted by Gasteiger charge is -2.17. The SMILES string of the molecule is Cc1c(Cl)cccc1N1C=C(N)N(O)O1. The van der Waals surface area contributed by atoms with Gasteiger partial charge >= 0.3 is 0 Å². The second-order valence-electron chi connectivity index (χ2n) is 3.12. The summed E-state index contributed by atoms with van der Waals surface area (Å²) in [4.78, 5) is 4.94. The molecule has 0 saturated heterocycles. The van der Waals surface area contributed by atoms with Gasteiger partial charge in [-0.25, -0.2) is 0 Å². The molecule has 0 radical (unpaired) electrons. The summed E-state index contributed by atoms with van der Waals surface area (Å²) in [6, 6.07) is 5.38. The number of rotatable bonds is 1. The maximum absolute atomic E-state index is 9.13. The van der Waals surface area contributed by atoms with E-state index in [4.69, 9.17) is 27.5 Å². The minimum absolute atomic E-state index is 0.106. The van der Waals surface area contributed by atoms with Crippen LogP contribution in [-0.2, 0) is 4.94 Å². The van der Waals surface area contributed by atoms with Crippen molar-refractivity contribution in [2.24, 2.45) is 5.73 Å². The fourth-order valence-corrected chi connectivity index (χ4v) is 1.44. The molecular formula is C9H10ClN3O2. The van der Waals surface area contributed by atoms with Crippen LogP contribution in [0.25, 0.3) is 0 Å². The largest absolute Gasteiger partial charge is 0.380 e. The number of anilines is 1. The molecule has 1 aliphatic rings. The summed E-state index contributed by atoms with van der Waals surface area (Å²) in [6.07, 6.45) is 1.46. The van der Waals surface area contributed by atoms with Gasteiger partial charge in [-0.15, -0.1) is 4.94 Å². The van der Waals surface area contributed by atoms with Crippen molar-refractivity contribution < 1.29 is 10.1 Å². The van der Waals surface area contributed by atoms with Gasteiger partial charge in [0.25, 0.3) is 0 Å². The van der Waals surface area contributed by atoms with Crippen molar-refractivity contribution in [3.8, 4) is 0 Å². The van der Waals surface area contributed by atoms with Crippen molar-refractivity contribution in [1.29, 1.82) is 0 Å². The van der Waals surface area contributed by atoms with Crippen molar-refractivity contribution in [2.45, 2.75) is 6.92 Å². The number of hydroxylamine groups is 3. The normalized spacial score (nSPS) is 15.8. The Morgan fingerprint density at radius 1 is 1.47 bits per heavy atom. The van der Waals surface area contributed by atoms with E-state index in [2.05, 4.69) is 0 Å². The summed E-state index contributed by atoms with van der Waals surface area (Å²) in [5.41, 5.74) is 7.00. The fourth-order valence-electron chi connectivity index (χ4n) is 1.27. The Morgan fingerprint density at radius 3 is 2.80 bits per heavy atom. The van der Waals surface area contributed by atoms with E-state index >= 15 is 0 Å². The molecule has 0 atom stereocenters. The molecule has 5 nitrogen and oxygen atoms in total. The molecule has 0 fully saturated rings. The molecule has 6 heteroatoms. The van der Waals surface area contributed by atoms with Crippen LogP contribution in [0.5, 0.6) is 0 Å². The van der Waals surface area contributed by atoms with Gasteiger partial charge in [-0.3, -0.25) is 5.21 Å². The van der Waals surface area contributed by atoms with Crippen LogP contribution in [-0.4, -0.2) is 10.4 Å². The van der Waals surface area contributed by atoms with E-state index in [0.717, 1.165) is 11.3 Å². The van der Waals surface area contributed by atoms with Gasteiger partial charge in [-0.05, 0) is 24.6 Å². The minimum atomic E-state index is 0.106. The summed E-state index contributed by atoms with van der Waals surface area (Å²) >= 11 is 5.95. The quantitative estimate of drug-likeness (QED) is 0.766. The average Bonchev–Trinajstić information content (AvgIpc) is 2.51. The Morgan fingerprint density at radius 2 is 2.20 bits per heavy atom. The third-order valence-corrected chi connectivity index (χ3v) is 2.52. The lowest BCUT2D eigenvalue weighted by molar-refractivity contribution is -0.304. The summed E-state index contributed by atoms with van der Waals surface area (Å²) in [7, 11) is 0. The molecule has 0 unspecified atom stereocenters. The van der Waals surface area contributed by atoms with Crippen molar-refractivity contribution in [3.05, 3.63) is 40.8 Å². The van der Waals surface area contributed by atoms with Gasteiger partial charge in [-0.2, -0.15) is 5.06 Å². The van der Waals surface area contributed by atoms with Crippen molar-refractivity contribution in [2.75, 3.05) is 5.06 Å². The third-order valence-electron chi connectivity index (χ3n) is 2.11. The molecule has 0 bridgehead atoms. The molecule has 2 rings (SSSR count). The second kappa shape index (κ2) is 3.62. The van der Waals surface area contributed by atoms with Gasteiger partial charge in [0, 0.05) is 5.02 Å². The smallest absolute Gasteiger partial charge is 0.176 e. The van der Waals surface area contributed by atoms with Crippen molar-refractivity contribution in [3.63, 3.8) is 0 Å². The van der Waals surface area contributed by atoms with Gasteiger partial charge in [0.1, 0.15) is 0 Å². The number of hydrogen-bond donors (Lipinski definition) is 2. The van der Waals surface area contributed by atoms with Crippen LogP contribution in [0.4, 0.5) is 5.69 Å². The van der Waals surface area contributed by atoms with Crippen molar-refractivity contribution >= 4 is 17.3 Å². The number of nitrogens with zero attached hydrogens (tertiary/aromatic N) is 2. The second-order valence-corrected chi connectivity index (χ2v) is 3.53. The first-order valence-electron chi connectivity index (χ1n) is 4.28. The maximum Gasteiger partial charge on any atom is 0.176 e. The fraction of sp³-hybridized carbons (Fsp3) is 0.111. The minimum Gasteiger partial charge on any atom is -0.380 e. The molecule has 1 aromatic rings. The van der Waals surface area contributed by atoms with E-state index in [0.29, 0.717) is 10.2 Å². The van der Waals surface area contributed by atoms with E-state index in [1.807, 2.05) is 13.0 Å². The summed E-state index contributed by atoms with van der Waals surface area (Å²) in [6.45, 7) is 1.85. The Hall–Kier alpha value is -1.43. The highest BCUT2D eigenvalue weighted by Gasteiger charge is 2.21. The van der Waals surface area contributed by atoms with E-state index in [1.165, 1.54) is 11.3 Å². The molecule has 0 saturated carbocycles. The van der Waals surface area contributed by atoms with Crippen LogP contribution < -0.4 is 10.8 Å². The highest BCUT2D eigenvalue weighted by atomic mass is 35.5. The Labute approximate surface area is 91.8 Å². The lowest BCUT2D eigenvalue weighted by atomic mass is 10.2. The van der Waals surface area contributed by atoms with Gasteiger partial charge in [-0.1, -0.05) is 22.9 Å². The Balaban J connectivity index is 2.36. The molecule has 3 N–H and O–H groups in total. The predicted octanol–water partition coefficient (Wildman–Crippen LogP) is 1.76. The maximum atomic E-state index is 9.13. The first kappa shape index (κ1) is 10.1. The van der Waals surface area contributed by atoms with E-state index < -0.39 is 0 Å². The number of nitrogens with two attached hydrogens (primary N) is 1. The predicted molar refractivity (Wildman–Crippen MR) is 55.6 cm³/mol. The van der Waals surface area contributed by atoms with Crippen molar-refractivity contribution in [1.82, 2.24) is 5.23 Å². The first-order chi connectivity index (χ1) is 7.09. The number of benzene rings is 1.